The van der Waals surface area contributed by atoms with Crippen molar-refractivity contribution in [2.45, 2.75) is 13.0 Å². The number of primary amides is 1. The molecule has 1 aliphatic rings. The summed E-state index contributed by atoms with van der Waals surface area (Å²) in [6.45, 7) is 4.29. The van der Waals surface area contributed by atoms with E-state index in [1.165, 1.54) is 0 Å². The largest absolute Gasteiger partial charge is 0.351 e. The summed E-state index contributed by atoms with van der Waals surface area (Å²) in [4.78, 5) is 25.0. The predicted molar refractivity (Wildman–Crippen MR) is 80.3 cm³/mol. The number of nitrogens with zero attached hydrogens (tertiary/aromatic N) is 1. The Labute approximate surface area is 124 Å². The molecule has 0 spiro atoms. The molecule has 1 aliphatic heterocycles. The van der Waals surface area contributed by atoms with Crippen molar-refractivity contribution in [3.63, 3.8) is 0 Å². The molecule has 0 aromatic heterocycles. The first-order valence-corrected chi connectivity index (χ1v) is 6.26. The van der Waals surface area contributed by atoms with Gasteiger partial charge in [0.05, 0.1) is 0 Å². The van der Waals surface area contributed by atoms with E-state index in [2.05, 4.69) is 10.6 Å². The number of amides is 3. The quantitative estimate of drug-likeness (QED) is 0.762. The van der Waals surface area contributed by atoms with Gasteiger partial charge in [-0.3, -0.25) is 4.79 Å². The lowest BCUT2D eigenvalue weighted by molar-refractivity contribution is 0.0656. The van der Waals surface area contributed by atoms with Crippen molar-refractivity contribution in [2.75, 3.05) is 25.0 Å². The summed E-state index contributed by atoms with van der Waals surface area (Å²) >= 11 is 0. The van der Waals surface area contributed by atoms with Gasteiger partial charge in [0.15, 0.2) is 0 Å². The highest BCUT2D eigenvalue weighted by Crippen LogP contribution is 2.15. The number of halogens is 1. The van der Waals surface area contributed by atoms with E-state index in [0.29, 0.717) is 17.8 Å². The van der Waals surface area contributed by atoms with Crippen LogP contribution in [0.1, 0.15) is 17.3 Å². The number of rotatable bonds is 2. The zero-order valence-electron chi connectivity index (χ0n) is 11.3. The van der Waals surface area contributed by atoms with Crippen LogP contribution in [0.3, 0.4) is 0 Å². The minimum atomic E-state index is -0.639. The molecule has 1 saturated heterocycles. The van der Waals surface area contributed by atoms with E-state index >= 15 is 0 Å². The Bertz CT molecular complexity index is 495. The van der Waals surface area contributed by atoms with Gasteiger partial charge in [0.2, 0.25) is 0 Å². The number of carbonyl (C=O) groups is 2. The molecule has 0 aliphatic carbocycles. The summed E-state index contributed by atoms with van der Waals surface area (Å²) in [5, 5.41) is 5.71. The first-order valence-electron chi connectivity index (χ1n) is 6.26. The number of carbonyl (C=O) groups excluding carboxylic acids is 2. The van der Waals surface area contributed by atoms with Crippen LogP contribution in [0.25, 0.3) is 0 Å². The number of piperazine rings is 1. The lowest BCUT2D eigenvalue weighted by Crippen LogP contribution is -2.52. The monoisotopic (exact) mass is 298 g/mol. The molecule has 6 nitrogen and oxygen atoms in total. The van der Waals surface area contributed by atoms with Crippen molar-refractivity contribution in [1.82, 2.24) is 10.2 Å². The topological polar surface area (TPSA) is 87.5 Å². The first-order chi connectivity index (χ1) is 9.08. The van der Waals surface area contributed by atoms with E-state index < -0.39 is 6.03 Å². The maximum absolute atomic E-state index is 12.4. The van der Waals surface area contributed by atoms with E-state index in [1.807, 2.05) is 11.8 Å². The molecule has 3 amide bonds. The molecule has 0 saturated carbocycles. The molecular formula is C13H19ClN4O2. The molecular weight excluding hydrogens is 280 g/mol. The van der Waals surface area contributed by atoms with Gasteiger partial charge >= 0.3 is 6.03 Å². The molecule has 4 N–H and O–H groups in total. The number of urea groups is 1. The third kappa shape index (κ3) is 3.85. The molecule has 1 heterocycles. The third-order valence-electron chi connectivity index (χ3n) is 3.14. The van der Waals surface area contributed by atoms with Gasteiger partial charge in [0.25, 0.3) is 5.91 Å². The van der Waals surface area contributed by atoms with Crippen LogP contribution in [0.15, 0.2) is 24.3 Å². The minimum Gasteiger partial charge on any atom is -0.351 e. The molecule has 110 valence electrons. The molecule has 20 heavy (non-hydrogen) atoms. The Morgan fingerprint density at radius 1 is 1.45 bits per heavy atom. The fraction of sp³-hybridized carbons (Fsp3) is 0.385. The van der Waals surface area contributed by atoms with Crippen molar-refractivity contribution >= 4 is 30.0 Å². The number of hydrogen-bond acceptors (Lipinski definition) is 3. The van der Waals surface area contributed by atoms with Gasteiger partial charge in [0, 0.05) is 36.9 Å². The second-order valence-corrected chi connectivity index (χ2v) is 4.62. The van der Waals surface area contributed by atoms with Gasteiger partial charge in [-0.15, -0.1) is 12.4 Å². The van der Waals surface area contributed by atoms with Gasteiger partial charge in [-0.2, -0.15) is 0 Å². The van der Waals surface area contributed by atoms with Gasteiger partial charge in [-0.25, -0.2) is 4.79 Å². The Hall–Kier alpha value is -1.79. The van der Waals surface area contributed by atoms with Crippen molar-refractivity contribution in [1.29, 1.82) is 0 Å². The van der Waals surface area contributed by atoms with Crippen LogP contribution in [0.4, 0.5) is 10.5 Å². The normalized spacial score (nSPS) is 18.1. The lowest BCUT2D eigenvalue weighted by atomic mass is 10.1. The highest BCUT2D eigenvalue weighted by atomic mass is 35.5. The highest BCUT2D eigenvalue weighted by Gasteiger charge is 2.24. The fourth-order valence-corrected chi connectivity index (χ4v) is 2.18. The molecule has 1 atom stereocenters. The van der Waals surface area contributed by atoms with Gasteiger partial charge in [-0.1, -0.05) is 6.07 Å². The van der Waals surface area contributed by atoms with Crippen LogP contribution < -0.4 is 16.4 Å². The highest BCUT2D eigenvalue weighted by molar-refractivity contribution is 5.96. The number of hydrogen-bond donors (Lipinski definition) is 3. The lowest BCUT2D eigenvalue weighted by Gasteiger charge is -2.34. The van der Waals surface area contributed by atoms with Crippen LogP contribution in [0.2, 0.25) is 0 Å². The second kappa shape index (κ2) is 7.12. The number of nitrogens with two attached hydrogens (primary N) is 1. The summed E-state index contributed by atoms with van der Waals surface area (Å²) < 4.78 is 0. The van der Waals surface area contributed by atoms with Gasteiger partial charge in [0.1, 0.15) is 0 Å². The first kappa shape index (κ1) is 16.3. The smallest absolute Gasteiger partial charge is 0.316 e. The number of anilines is 1. The zero-order chi connectivity index (χ0) is 13.8. The van der Waals surface area contributed by atoms with E-state index in [0.717, 1.165) is 13.1 Å². The van der Waals surface area contributed by atoms with E-state index in [1.54, 1.807) is 24.3 Å². The molecule has 1 fully saturated rings. The van der Waals surface area contributed by atoms with E-state index in [-0.39, 0.29) is 24.4 Å². The fourth-order valence-electron chi connectivity index (χ4n) is 2.18. The Morgan fingerprint density at radius 2 is 2.20 bits per heavy atom. The van der Waals surface area contributed by atoms with Crippen molar-refractivity contribution in [3.8, 4) is 0 Å². The van der Waals surface area contributed by atoms with Crippen LogP contribution >= 0.6 is 12.4 Å². The summed E-state index contributed by atoms with van der Waals surface area (Å²) in [7, 11) is 0. The Kier molecular flexibility index (Phi) is 5.79. The van der Waals surface area contributed by atoms with Gasteiger partial charge in [-0.05, 0) is 25.1 Å². The van der Waals surface area contributed by atoms with Crippen molar-refractivity contribution in [2.24, 2.45) is 5.73 Å². The average Bonchev–Trinajstić information content (AvgIpc) is 2.38. The van der Waals surface area contributed by atoms with Crippen LogP contribution in [-0.4, -0.2) is 42.5 Å². The van der Waals surface area contributed by atoms with Crippen LogP contribution in [-0.2, 0) is 0 Å². The third-order valence-corrected chi connectivity index (χ3v) is 3.14. The molecule has 7 heteroatoms. The summed E-state index contributed by atoms with van der Waals surface area (Å²) in [5.74, 6) is -0.0258. The summed E-state index contributed by atoms with van der Waals surface area (Å²) in [6, 6.07) is 6.33. The summed E-state index contributed by atoms with van der Waals surface area (Å²) in [5.41, 5.74) is 6.15. The molecule has 0 bridgehead atoms. The second-order valence-electron chi connectivity index (χ2n) is 4.62. The van der Waals surface area contributed by atoms with E-state index in [4.69, 9.17) is 5.73 Å². The molecule has 1 aromatic carbocycles. The molecule has 0 unspecified atom stereocenters. The van der Waals surface area contributed by atoms with Crippen LogP contribution in [0.5, 0.6) is 0 Å². The Balaban J connectivity index is 0.00000200. The standard InChI is InChI=1S/C13H18N4O2.ClH/c1-9-8-15-5-6-17(9)12(18)10-3-2-4-11(7-10)16-13(14)19;/h2-4,7,9,15H,5-6,8H2,1H3,(H3,14,16,19);1H/t9-;/m0./s1. The van der Waals surface area contributed by atoms with Crippen molar-refractivity contribution < 1.29 is 9.59 Å². The predicted octanol–water partition coefficient (Wildman–Crippen LogP) is 1.03. The minimum absolute atomic E-state index is 0. The molecule has 2 rings (SSSR count). The SMILES string of the molecule is C[C@H]1CNCCN1C(=O)c1cccc(NC(N)=O)c1.Cl. The number of benzene rings is 1. The van der Waals surface area contributed by atoms with Crippen molar-refractivity contribution in [3.05, 3.63) is 29.8 Å². The van der Waals surface area contributed by atoms with E-state index in [9.17, 15) is 9.59 Å². The molecule has 0 radical (unpaired) electrons. The average molecular weight is 299 g/mol. The maximum Gasteiger partial charge on any atom is 0.316 e. The van der Waals surface area contributed by atoms with Gasteiger partial charge < -0.3 is 21.3 Å². The summed E-state index contributed by atoms with van der Waals surface area (Å²) in [6.07, 6.45) is 0. The Morgan fingerprint density at radius 3 is 2.85 bits per heavy atom. The maximum atomic E-state index is 12.4. The number of nitrogens with one attached hydrogen (secondary N) is 2. The van der Waals surface area contributed by atoms with Crippen LogP contribution in [0, 0.1) is 0 Å². The molecule has 1 aromatic rings. The zero-order valence-corrected chi connectivity index (χ0v) is 12.1.